The molecule has 0 saturated heterocycles. The van der Waals surface area contributed by atoms with Crippen molar-refractivity contribution >= 4 is 29.8 Å². The minimum absolute atomic E-state index is 0.0138. The van der Waals surface area contributed by atoms with E-state index in [2.05, 4.69) is 23.8 Å². The highest BCUT2D eigenvalue weighted by Crippen LogP contribution is 2.35. The molecule has 1 aromatic carbocycles. The highest BCUT2D eigenvalue weighted by Gasteiger charge is 2.20. The van der Waals surface area contributed by atoms with Gasteiger partial charge >= 0.3 is 24.1 Å². The van der Waals surface area contributed by atoms with Crippen molar-refractivity contribution < 1.29 is 52.5 Å². The molecule has 0 heterocycles. The number of benzene rings is 1. The Labute approximate surface area is 243 Å². The number of methoxy groups -OCH3 is 1. The van der Waals surface area contributed by atoms with E-state index >= 15 is 0 Å². The predicted molar refractivity (Wildman–Crippen MR) is 148 cm³/mol. The van der Waals surface area contributed by atoms with Crippen LogP contribution in [0, 0.1) is 10.1 Å². The number of unbranched alkanes of at least 4 members (excludes halogenated alkanes) is 1. The number of ether oxygens (including phenoxy) is 6. The normalized spacial score (nSPS) is 10.1. The Kier molecular flexibility index (Phi) is 16.2. The van der Waals surface area contributed by atoms with Crippen molar-refractivity contribution in [3.05, 3.63) is 52.1 Å². The molecule has 0 atom stereocenters. The quantitative estimate of drug-likeness (QED) is 0.0594. The molecule has 0 spiro atoms. The van der Waals surface area contributed by atoms with E-state index in [1.54, 1.807) is 0 Å². The number of nitrogens with zero attached hydrogens (tertiary/aromatic N) is 1. The molecule has 2 amide bonds. The van der Waals surface area contributed by atoms with Crippen LogP contribution >= 0.6 is 0 Å². The summed E-state index contributed by atoms with van der Waals surface area (Å²) in [4.78, 5) is 57.1. The van der Waals surface area contributed by atoms with Gasteiger partial charge in [0.2, 0.25) is 0 Å². The summed E-state index contributed by atoms with van der Waals surface area (Å²) in [7, 11) is 1.38. The lowest BCUT2D eigenvalue weighted by Gasteiger charge is -2.13. The second-order valence-electron chi connectivity index (χ2n) is 8.65. The molecule has 0 aromatic heterocycles. The highest BCUT2D eigenvalue weighted by molar-refractivity contribution is 5.87. The van der Waals surface area contributed by atoms with Crippen LogP contribution in [0.25, 0.3) is 0 Å². The Morgan fingerprint density at radius 2 is 1.31 bits per heavy atom. The molecule has 42 heavy (non-hydrogen) atoms. The molecule has 0 aliphatic carbocycles. The number of nitrogens with one attached hydrogen (secondary N) is 2. The summed E-state index contributed by atoms with van der Waals surface area (Å²) in [6.07, 6.45) is -0.489. The lowest BCUT2D eigenvalue weighted by Crippen LogP contribution is -2.29. The van der Waals surface area contributed by atoms with E-state index < -0.39 is 29.0 Å². The summed E-state index contributed by atoms with van der Waals surface area (Å²) < 4.78 is 30.7. The molecule has 232 valence electrons. The Hall–Kier alpha value is -4.82. The summed E-state index contributed by atoms with van der Waals surface area (Å²) in [5.41, 5.74) is 0.515. The molecule has 15 heteroatoms. The van der Waals surface area contributed by atoms with Gasteiger partial charge in [-0.3, -0.25) is 10.1 Å². The largest absolute Gasteiger partial charge is 0.493 e. The van der Waals surface area contributed by atoms with Crippen LogP contribution in [0.2, 0.25) is 0 Å². The molecule has 0 unspecified atom stereocenters. The zero-order valence-electron chi connectivity index (χ0n) is 24.0. The molecular weight excluding hydrogens is 558 g/mol. The van der Waals surface area contributed by atoms with Gasteiger partial charge in [-0.1, -0.05) is 13.2 Å². The van der Waals surface area contributed by atoms with Gasteiger partial charge in [-0.2, -0.15) is 0 Å². The molecule has 0 aliphatic heterocycles. The van der Waals surface area contributed by atoms with Crippen LogP contribution in [0.4, 0.5) is 15.3 Å². The van der Waals surface area contributed by atoms with Crippen molar-refractivity contribution in [1.82, 2.24) is 10.6 Å². The topological polar surface area (TPSA) is 191 Å². The number of nitro benzene ring substituents is 1. The highest BCUT2D eigenvalue weighted by atomic mass is 16.6. The van der Waals surface area contributed by atoms with Crippen LogP contribution in [-0.2, 0) is 35.0 Å². The third kappa shape index (κ3) is 14.0. The third-order valence-electron chi connectivity index (χ3n) is 5.10. The summed E-state index contributed by atoms with van der Waals surface area (Å²) >= 11 is 0. The van der Waals surface area contributed by atoms with Crippen LogP contribution in [0.3, 0.4) is 0 Å². The molecule has 0 fully saturated rings. The fourth-order valence-corrected chi connectivity index (χ4v) is 2.98. The number of alkyl carbamates (subject to hydrolysis) is 2. The number of esters is 2. The van der Waals surface area contributed by atoms with Crippen molar-refractivity contribution in [3.63, 3.8) is 0 Å². The van der Waals surface area contributed by atoms with Crippen LogP contribution in [0.5, 0.6) is 11.5 Å². The lowest BCUT2D eigenvalue weighted by atomic mass is 10.1. The number of hydrogen-bond donors (Lipinski definition) is 2. The first-order valence-electron chi connectivity index (χ1n) is 12.9. The van der Waals surface area contributed by atoms with Crippen molar-refractivity contribution in [2.75, 3.05) is 53.2 Å². The van der Waals surface area contributed by atoms with Gasteiger partial charge in [-0.15, -0.1) is 0 Å². The maximum absolute atomic E-state index is 11.8. The molecule has 0 radical (unpaired) electrons. The van der Waals surface area contributed by atoms with Crippen molar-refractivity contribution in [2.45, 2.75) is 33.1 Å². The Bertz CT molecular complexity index is 1140. The van der Waals surface area contributed by atoms with Gasteiger partial charge in [0.1, 0.15) is 13.2 Å². The number of nitro groups is 1. The van der Waals surface area contributed by atoms with Gasteiger partial charge < -0.3 is 39.1 Å². The van der Waals surface area contributed by atoms with Crippen LogP contribution < -0.4 is 20.1 Å². The SMILES string of the molecule is C=C(C)C(=O)OCCNC(=O)OCCCCOc1cc([N+](=O)[O-])c(CCOC(=O)NCCOC(=O)C(=C)C)cc1OC. The third-order valence-corrected chi connectivity index (χ3v) is 5.10. The van der Waals surface area contributed by atoms with Crippen molar-refractivity contribution in [2.24, 2.45) is 0 Å². The molecular formula is C27H37N3O12. The van der Waals surface area contributed by atoms with E-state index in [9.17, 15) is 29.3 Å². The minimum atomic E-state index is -0.776. The van der Waals surface area contributed by atoms with Crippen molar-refractivity contribution in [3.8, 4) is 11.5 Å². The first-order chi connectivity index (χ1) is 20.0. The van der Waals surface area contributed by atoms with E-state index in [1.165, 1.54) is 33.1 Å². The minimum Gasteiger partial charge on any atom is -0.493 e. The first kappa shape index (κ1) is 35.2. The van der Waals surface area contributed by atoms with Gasteiger partial charge in [-0.05, 0) is 32.8 Å². The maximum Gasteiger partial charge on any atom is 0.407 e. The maximum atomic E-state index is 11.8. The predicted octanol–water partition coefficient (Wildman–Crippen LogP) is 3.00. The number of carbonyl (C=O) groups excluding carboxylic acids is 4. The standard InChI is InChI=1S/C27H37N3O12/c1-18(2)24(31)39-14-9-28-26(33)41-12-7-6-11-38-23-17-21(30(35)36)20(16-22(23)37-5)8-13-42-27(34)29-10-15-40-25(32)19(3)4/h16-17H,1,3,6-15H2,2,4-5H3,(H,28,33)(H,29,34). The van der Waals surface area contributed by atoms with Gasteiger partial charge in [0.25, 0.3) is 5.69 Å². The Morgan fingerprint density at radius 3 is 1.81 bits per heavy atom. The fraction of sp³-hybridized carbons (Fsp3) is 0.481. The Balaban J connectivity index is 2.45. The molecule has 1 aromatic rings. The summed E-state index contributed by atoms with van der Waals surface area (Å²) in [5, 5.41) is 16.5. The zero-order chi connectivity index (χ0) is 31.5. The number of hydrogen-bond acceptors (Lipinski definition) is 12. The average molecular weight is 596 g/mol. The lowest BCUT2D eigenvalue weighted by molar-refractivity contribution is -0.385. The summed E-state index contributed by atoms with van der Waals surface area (Å²) in [6.45, 7) is 10.0. The number of rotatable bonds is 19. The number of carbonyl (C=O) groups is 4. The van der Waals surface area contributed by atoms with E-state index in [4.69, 9.17) is 28.4 Å². The summed E-state index contributed by atoms with van der Waals surface area (Å²) in [5.74, 6) is -0.721. The van der Waals surface area contributed by atoms with Crippen LogP contribution in [0.1, 0.15) is 32.3 Å². The molecule has 0 saturated carbocycles. The van der Waals surface area contributed by atoms with Crippen LogP contribution in [-0.4, -0.2) is 82.3 Å². The van der Waals surface area contributed by atoms with Gasteiger partial charge in [0.05, 0.1) is 51.0 Å². The number of amides is 2. The Morgan fingerprint density at radius 1 is 0.786 bits per heavy atom. The second-order valence-corrected chi connectivity index (χ2v) is 8.65. The molecule has 1 rings (SSSR count). The first-order valence-corrected chi connectivity index (χ1v) is 12.9. The second kappa shape index (κ2) is 19.3. The average Bonchev–Trinajstić information content (AvgIpc) is 2.94. The molecule has 0 bridgehead atoms. The smallest absolute Gasteiger partial charge is 0.407 e. The van der Waals surface area contributed by atoms with E-state index in [-0.39, 0.29) is 86.4 Å². The molecule has 15 nitrogen and oxygen atoms in total. The zero-order valence-corrected chi connectivity index (χ0v) is 24.0. The van der Waals surface area contributed by atoms with E-state index in [0.717, 1.165) is 0 Å². The van der Waals surface area contributed by atoms with E-state index in [0.29, 0.717) is 12.8 Å². The summed E-state index contributed by atoms with van der Waals surface area (Å²) in [6, 6.07) is 2.67. The fourth-order valence-electron chi connectivity index (χ4n) is 2.98. The monoisotopic (exact) mass is 595 g/mol. The van der Waals surface area contributed by atoms with Gasteiger partial charge in [0.15, 0.2) is 11.5 Å². The molecule has 2 N–H and O–H groups in total. The van der Waals surface area contributed by atoms with Crippen molar-refractivity contribution in [1.29, 1.82) is 0 Å². The van der Waals surface area contributed by atoms with Gasteiger partial charge in [0, 0.05) is 23.1 Å². The van der Waals surface area contributed by atoms with Gasteiger partial charge in [-0.25, -0.2) is 19.2 Å². The van der Waals surface area contributed by atoms with E-state index in [1.807, 2.05) is 0 Å². The van der Waals surface area contributed by atoms with Crippen LogP contribution in [0.15, 0.2) is 36.4 Å². The molecule has 0 aliphatic rings.